The van der Waals surface area contributed by atoms with Crippen LogP contribution in [0.4, 0.5) is 0 Å². The van der Waals surface area contributed by atoms with E-state index in [1.54, 1.807) is 29.2 Å². The minimum Gasteiger partial charge on any atom is -0.387 e. The Morgan fingerprint density at radius 3 is 2.50 bits per heavy atom. The molecule has 32 heavy (non-hydrogen) atoms. The fourth-order valence-electron chi connectivity index (χ4n) is 3.75. The fourth-order valence-corrected chi connectivity index (χ4v) is 4.01. The highest BCUT2D eigenvalue weighted by Crippen LogP contribution is 2.23. The van der Waals surface area contributed by atoms with Gasteiger partial charge in [0.2, 0.25) is 5.91 Å². The molecular formula is C24H31BrClN3O3. The minimum atomic E-state index is -0.752. The number of carbonyl (C=O) groups excluding carboxylic acids is 2. The smallest absolute Gasteiger partial charge is 0.254 e. The van der Waals surface area contributed by atoms with Crippen molar-refractivity contribution in [3.63, 3.8) is 0 Å². The van der Waals surface area contributed by atoms with Gasteiger partial charge >= 0.3 is 0 Å². The average molecular weight is 525 g/mol. The SMILES string of the molecule is Br.CC(C)(CNC(=O)[C@H]1CCCN1C(=O)c1ccccc1)NCC(O)c1ccccc1Cl. The predicted octanol–water partition coefficient (Wildman–Crippen LogP) is 3.74. The first-order valence-corrected chi connectivity index (χ1v) is 11.0. The number of nitrogens with one attached hydrogen (secondary N) is 2. The van der Waals surface area contributed by atoms with E-state index >= 15 is 0 Å². The topological polar surface area (TPSA) is 81.7 Å². The molecule has 174 valence electrons. The van der Waals surface area contributed by atoms with Crippen molar-refractivity contribution < 1.29 is 14.7 Å². The molecule has 3 rings (SSSR count). The summed E-state index contributed by atoms with van der Waals surface area (Å²) in [6.07, 6.45) is 0.712. The largest absolute Gasteiger partial charge is 0.387 e. The lowest BCUT2D eigenvalue weighted by molar-refractivity contribution is -0.125. The van der Waals surface area contributed by atoms with Gasteiger partial charge in [-0.1, -0.05) is 48.0 Å². The second-order valence-electron chi connectivity index (χ2n) is 8.54. The van der Waals surface area contributed by atoms with Gasteiger partial charge in [0.15, 0.2) is 0 Å². The number of carbonyl (C=O) groups is 2. The van der Waals surface area contributed by atoms with Crippen LogP contribution in [0.25, 0.3) is 0 Å². The first kappa shape index (κ1) is 26.3. The molecule has 2 aromatic rings. The van der Waals surface area contributed by atoms with Crippen molar-refractivity contribution in [3.8, 4) is 0 Å². The summed E-state index contributed by atoms with van der Waals surface area (Å²) < 4.78 is 0. The van der Waals surface area contributed by atoms with Gasteiger partial charge in [-0.15, -0.1) is 17.0 Å². The number of benzene rings is 2. The fraction of sp³-hybridized carbons (Fsp3) is 0.417. The number of aliphatic hydroxyl groups is 1. The van der Waals surface area contributed by atoms with Gasteiger partial charge in [0, 0.05) is 41.3 Å². The number of β-amino-alcohol motifs (C(OH)–C–C–N with tert-alkyl or cyclic N) is 1. The molecule has 0 saturated carbocycles. The summed E-state index contributed by atoms with van der Waals surface area (Å²) in [6.45, 7) is 5.15. The normalized spacial score (nSPS) is 16.9. The summed E-state index contributed by atoms with van der Waals surface area (Å²) in [5.41, 5.74) is 0.806. The molecule has 1 saturated heterocycles. The minimum absolute atomic E-state index is 0. The van der Waals surface area contributed by atoms with Crippen molar-refractivity contribution in [2.75, 3.05) is 19.6 Å². The Hall–Kier alpha value is -1.93. The van der Waals surface area contributed by atoms with Crippen LogP contribution in [0.1, 0.15) is 48.7 Å². The van der Waals surface area contributed by atoms with E-state index in [-0.39, 0.29) is 28.8 Å². The highest BCUT2D eigenvalue weighted by molar-refractivity contribution is 8.93. The molecule has 1 aliphatic heterocycles. The Labute approximate surface area is 205 Å². The van der Waals surface area contributed by atoms with Crippen molar-refractivity contribution in [3.05, 3.63) is 70.7 Å². The Morgan fingerprint density at radius 2 is 1.81 bits per heavy atom. The zero-order valence-corrected chi connectivity index (χ0v) is 20.9. The maximum atomic E-state index is 12.8. The summed E-state index contributed by atoms with van der Waals surface area (Å²) in [5.74, 6) is -0.262. The van der Waals surface area contributed by atoms with E-state index < -0.39 is 17.7 Å². The molecule has 0 spiro atoms. The maximum Gasteiger partial charge on any atom is 0.254 e. The third kappa shape index (κ3) is 6.78. The van der Waals surface area contributed by atoms with Gasteiger partial charge in [-0.3, -0.25) is 9.59 Å². The Bertz CT molecular complexity index is 910. The summed E-state index contributed by atoms with van der Waals surface area (Å²) in [7, 11) is 0. The van der Waals surface area contributed by atoms with Crippen LogP contribution < -0.4 is 10.6 Å². The van der Waals surface area contributed by atoms with Crippen LogP contribution in [0.15, 0.2) is 54.6 Å². The molecule has 1 aliphatic rings. The molecule has 2 atom stereocenters. The zero-order chi connectivity index (χ0) is 22.4. The molecule has 0 aromatic heterocycles. The molecule has 2 aromatic carbocycles. The lowest BCUT2D eigenvalue weighted by atomic mass is 10.0. The van der Waals surface area contributed by atoms with Crippen molar-refractivity contribution >= 4 is 40.4 Å². The van der Waals surface area contributed by atoms with E-state index in [4.69, 9.17) is 11.6 Å². The summed E-state index contributed by atoms with van der Waals surface area (Å²) in [4.78, 5) is 27.3. The monoisotopic (exact) mass is 523 g/mol. The highest BCUT2D eigenvalue weighted by Gasteiger charge is 2.35. The molecule has 8 heteroatoms. The van der Waals surface area contributed by atoms with Crippen molar-refractivity contribution in [1.82, 2.24) is 15.5 Å². The second-order valence-corrected chi connectivity index (χ2v) is 8.95. The van der Waals surface area contributed by atoms with E-state index in [0.29, 0.717) is 42.2 Å². The molecule has 1 heterocycles. The van der Waals surface area contributed by atoms with Gasteiger partial charge in [0.25, 0.3) is 5.91 Å². The molecule has 0 bridgehead atoms. The Kier molecular flexibility index (Phi) is 9.70. The summed E-state index contributed by atoms with van der Waals surface area (Å²) >= 11 is 6.15. The number of aliphatic hydroxyl groups excluding tert-OH is 1. The van der Waals surface area contributed by atoms with Crippen molar-refractivity contribution in [2.45, 2.75) is 44.4 Å². The molecular weight excluding hydrogens is 494 g/mol. The lowest BCUT2D eigenvalue weighted by Gasteiger charge is -2.30. The molecule has 0 radical (unpaired) electrons. The number of nitrogens with zero attached hydrogens (tertiary/aromatic N) is 1. The van der Waals surface area contributed by atoms with E-state index in [1.807, 2.05) is 44.2 Å². The number of hydrogen-bond acceptors (Lipinski definition) is 4. The summed E-state index contributed by atoms with van der Waals surface area (Å²) in [6, 6.07) is 15.8. The van der Waals surface area contributed by atoms with Crippen LogP contribution in [0, 0.1) is 0 Å². The van der Waals surface area contributed by atoms with Crippen molar-refractivity contribution in [2.24, 2.45) is 0 Å². The van der Waals surface area contributed by atoms with E-state index in [0.717, 1.165) is 6.42 Å². The van der Waals surface area contributed by atoms with Gasteiger partial charge in [0.05, 0.1) is 6.10 Å². The quantitative estimate of drug-likeness (QED) is 0.491. The van der Waals surface area contributed by atoms with Crippen LogP contribution in [0.3, 0.4) is 0 Å². The first-order valence-electron chi connectivity index (χ1n) is 10.6. The predicted molar refractivity (Wildman–Crippen MR) is 132 cm³/mol. The number of likely N-dealkylation sites (tertiary alicyclic amines) is 1. The van der Waals surface area contributed by atoms with Crippen LogP contribution in [-0.4, -0.2) is 53.0 Å². The molecule has 2 amide bonds. The molecule has 6 nitrogen and oxygen atoms in total. The second kappa shape index (κ2) is 11.8. The zero-order valence-electron chi connectivity index (χ0n) is 18.4. The summed E-state index contributed by atoms with van der Waals surface area (Å²) in [5, 5.41) is 17.2. The van der Waals surface area contributed by atoms with E-state index in [2.05, 4.69) is 10.6 Å². The van der Waals surface area contributed by atoms with Gasteiger partial charge in [-0.05, 0) is 44.9 Å². The van der Waals surface area contributed by atoms with Crippen LogP contribution in [0.5, 0.6) is 0 Å². The third-order valence-electron chi connectivity index (χ3n) is 5.58. The third-order valence-corrected chi connectivity index (χ3v) is 5.92. The van der Waals surface area contributed by atoms with E-state index in [9.17, 15) is 14.7 Å². The standard InChI is InChI=1S/C24H30ClN3O3.BrH/c1-24(2,27-15-21(29)18-11-6-7-12-19(18)25)16-26-22(30)20-13-8-14-28(20)23(31)17-9-4-3-5-10-17;/h3-7,9-12,20-21,27,29H,8,13-16H2,1-2H3,(H,26,30);1H/t20-,21?;/m1./s1. The molecule has 1 unspecified atom stereocenters. The molecule has 3 N–H and O–H groups in total. The Morgan fingerprint density at radius 1 is 1.16 bits per heavy atom. The van der Waals surface area contributed by atoms with Gasteiger partial charge in [-0.25, -0.2) is 0 Å². The van der Waals surface area contributed by atoms with Crippen molar-refractivity contribution in [1.29, 1.82) is 0 Å². The maximum absolute atomic E-state index is 12.8. The first-order chi connectivity index (χ1) is 14.8. The van der Waals surface area contributed by atoms with Gasteiger partial charge in [0.1, 0.15) is 6.04 Å². The van der Waals surface area contributed by atoms with Crippen LogP contribution in [-0.2, 0) is 4.79 Å². The lowest BCUT2D eigenvalue weighted by Crippen LogP contribution is -2.53. The average Bonchev–Trinajstić information content (AvgIpc) is 3.26. The number of halogens is 2. The molecule has 0 aliphatic carbocycles. The van der Waals surface area contributed by atoms with Gasteiger partial charge in [-0.2, -0.15) is 0 Å². The number of rotatable bonds is 8. The highest BCUT2D eigenvalue weighted by atomic mass is 79.9. The number of hydrogen-bond donors (Lipinski definition) is 3. The Balaban J connectivity index is 0.00000363. The van der Waals surface area contributed by atoms with E-state index in [1.165, 1.54) is 0 Å². The van der Waals surface area contributed by atoms with Crippen LogP contribution >= 0.6 is 28.6 Å². The van der Waals surface area contributed by atoms with Gasteiger partial charge < -0.3 is 20.6 Å². The molecule has 1 fully saturated rings. The number of amides is 2. The van der Waals surface area contributed by atoms with Crippen LogP contribution in [0.2, 0.25) is 5.02 Å².